The summed E-state index contributed by atoms with van der Waals surface area (Å²) in [5, 5.41) is 10.8. The molecule has 0 saturated heterocycles. The second-order valence-corrected chi connectivity index (χ2v) is 5.19. The highest BCUT2D eigenvalue weighted by Gasteiger charge is 2.42. The second kappa shape index (κ2) is 6.01. The second-order valence-electron chi connectivity index (χ2n) is 5.19. The van der Waals surface area contributed by atoms with Crippen LogP contribution in [0.15, 0.2) is 12.3 Å². The Labute approximate surface area is 129 Å². The van der Waals surface area contributed by atoms with E-state index in [1.165, 1.54) is 7.11 Å². The van der Waals surface area contributed by atoms with Crippen LogP contribution in [0.3, 0.4) is 0 Å². The van der Waals surface area contributed by atoms with E-state index in [0.717, 1.165) is 0 Å². The SMILES string of the molecule is COc1ccnc(NCc2nnc3n2CC[C@@H](C(F)(F)F)C3)n1. The molecule has 1 N–H and O–H groups in total. The number of halogens is 3. The van der Waals surface area contributed by atoms with E-state index < -0.39 is 12.1 Å². The summed E-state index contributed by atoms with van der Waals surface area (Å²) in [6.45, 7) is 0.527. The molecule has 1 aliphatic heterocycles. The summed E-state index contributed by atoms with van der Waals surface area (Å²) in [5.74, 6) is 0.347. The summed E-state index contributed by atoms with van der Waals surface area (Å²) < 4.78 is 45.1. The van der Waals surface area contributed by atoms with Gasteiger partial charge in [0.05, 0.1) is 19.6 Å². The van der Waals surface area contributed by atoms with Crippen molar-refractivity contribution in [3.63, 3.8) is 0 Å². The van der Waals surface area contributed by atoms with Gasteiger partial charge in [0.15, 0.2) is 5.82 Å². The lowest BCUT2D eigenvalue weighted by atomic mass is 9.97. The van der Waals surface area contributed by atoms with Crippen LogP contribution in [0.1, 0.15) is 18.1 Å². The monoisotopic (exact) mass is 328 g/mol. The van der Waals surface area contributed by atoms with Gasteiger partial charge in [-0.1, -0.05) is 0 Å². The van der Waals surface area contributed by atoms with Crippen LogP contribution in [0, 0.1) is 5.92 Å². The number of rotatable bonds is 4. The molecule has 0 aromatic carbocycles. The van der Waals surface area contributed by atoms with Gasteiger partial charge in [-0.25, -0.2) is 4.98 Å². The van der Waals surface area contributed by atoms with Crippen molar-refractivity contribution in [1.82, 2.24) is 24.7 Å². The predicted molar refractivity (Wildman–Crippen MR) is 73.8 cm³/mol. The topological polar surface area (TPSA) is 77.8 Å². The summed E-state index contributed by atoms with van der Waals surface area (Å²) in [7, 11) is 1.50. The average molecular weight is 328 g/mol. The van der Waals surface area contributed by atoms with Crippen LogP contribution in [0.5, 0.6) is 5.88 Å². The molecule has 0 radical (unpaired) electrons. The Morgan fingerprint density at radius 2 is 2.22 bits per heavy atom. The highest BCUT2D eigenvalue weighted by atomic mass is 19.4. The largest absolute Gasteiger partial charge is 0.481 e. The Morgan fingerprint density at radius 1 is 1.39 bits per heavy atom. The Kier molecular flexibility index (Phi) is 4.05. The number of fused-ring (bicyclic) bond motifs is 1. The van der Waals surface area contributed by atoms with E-state index in [1.54, 1.807) is 16.8 Å². The maximum atomic E-state index is 12.8. The Hall–Kier alpha value is -2.39. The molecular formula is C13H15F3N6O. The third-order valence-electron chi connectivity index (χ3n) is 3.74. The van der Waals surface area contributed by atoms with Crippen LogP contribution in [-0.4, -0.2) is 38.0 Å². The van der Waals surface area contributed by atoms with Crippen molar-refractivity contribution in [2.24, 2.45) is 5.92 Å². The summed E-state index contributed by atoms with van der Waals surface area (Å²) in [6.07, 6.45) is -2.74. The fraction of sp³-hybridized carbons (Fsp3) is 0.538. The van der Waals surface area contributed by atoms with Gasteiger partial charge < -0.3 is 14.6 Å². The van der Waals surface area contributed by atoms with Crippen LogP contribution >= 0.6 is 0 Å². The highest BCUT2D eigenvalue weighted by molar-refractivity contribution is 5.27. The van der Waals surface area contributed by atoms with Crippen LogP contribution < -0.4 is 10.1 Å². The summed E-state index contributed by atoms with van der Waals surface area (Å²) in [5.41, 5.74) is 0. The standard InChI is InChI=1S/C13H15F3N6O/c1-23-11-2-4-17-12(19-11)18-7-10-21-20-9-6-8(13(14,15)16)3-5-22(9)10/h2,4,8H,3,5-7H2,1H3,(H,17,18,19)/t8-/m1/s1. The zero-order valence-electron chi connectivity index (χ0n) is 12.3. The molecule has 0 saturated carbocycles. The summed E-state index contributed by atoms with van der Waals surface area (Å²) >= 11 is 0. The number of hydrogen-bond donors (Lipinski definition) is 1. The molecule has 1 atom stereocenters. The van der Waals surface area contributed by atoms with Gasteiger partial charge in [-0.05, 0) is 6.42 Å². The van der Waals surface area contributed by atoms with Crippen molar-refractivity contribution in [3.05, 3.63) is 23.9 Å². The lowest BCUT2D eigenvalue weighted by Gasteiger charge is -2.25. The number of nitrogens with one attached hydrogen (secondary N) is 1. The molecular weight excluding hydrogens is 313 g/mol. The quantitative estimate of drug-likeness (QED) is 0.922. The summed E-state index contributed by atoms with van der Waals surface area (Å²) in [4.78, 5) is 8.13. The van der Waals surface area contributed by atoms with Crippen molar-refractivity contribution in [3.8, 4) is 5.88 Å². The van der Waals surface area contributed by atoms with Gasteiger partial charge in [-0.15, -0.1) is 10.2 Å². The molecule has 1 aliphatic rings. The summed E-state index contributed by atoms with van der Waals surface area (Å²) in [6, 6.07) is 1.61. The minimum atomic E-state index is -4.19. The number of hydrogen-bond acceptors (Lipinski definition) is 6. The molecule has 23 heavy (non-hydrogen) atoms. The first-order valence-electron chi connectivity index (χ1n) is 7.06. The zero-order valence-corrected chi connectivity index (χ0v) is 12.3. The number of ether oxygens (including phenoxy) is 1. The molecule has 0 unspecified atom stereocenters. The van der Waals surface area contributed by atoms with E-state index in [9.17, 15) is 13.2 Å². The lowest BCUT2D eigenvalue weighted by Crippen LogP contribution is -2.31. The Morgan fingerprint density at radius 3 is 2.96 bits per heavy atom. The van der Waals surface area contributed by atoms with E-state index in [1.807, 2.05) is 0 Å². The Balaban J connectivity index is 1.68. The van der Waals surface area contributed by atoms with Crippen LogP contribution in [-0.2, 0) is 19.5 Å². The van der Waals surface area contributed by atoms with Gasteiger partial charge in [0.1, 0.15) is 5.82 Å². The fourth-order valence-electron chi connectivity index (χ4n) is 2.50. The Bertz CT molecular complexity index is 687. The van der Waals surface area contributed by atoms with Gasteiger partial charge in [-0.2, -0.15) is 18.2 Å². The van der Waals surface area contributed by atoms with Crippen molar-refractivity contribution in [1.29, 1.82) is 0 Å². The van der Waals surface area contributed by atoms with Crippen molar-refractivity contribution >= 4 is 5.95 Å². The first kappa shape index (κ1) is 15.5. The van der Waals surface area contributed by atoms with E-state index in [4.69, 9.17) is 4.74 Å². The molecule has 7 nitrogen and oxygen atoms in total. The van der Waals surface area contributed by atoms with E-state index in [-0.39, 0.29) is 25.9 Å². The molecule has 0 aliphatic carbocycles. The number of alkyl halides is 3. The van der Waals surface area contributed by atoms with Gasteiger partial charge in [0.2, 0.25) is 11.8 Å². The molecule has 2 aromatic heterocycles. The first-order valence-corrected chi connectivity index (χ1v) is 7.06. The van der Waals surface area contributed by atoms with E-state index in [2.05, 4.69) is 25.5 Å². The van der Waals surface area contributed by atoms with Crippen molar-refractivity contribution < 1.29 is 17.9 Å². The third-order valence-corrected chi connectivity index (χ3v) is 3.74. The van der Waals surface area contributed by atoms with Crippen LogP contribution in [0.25, 0.3) is 0 Å². The first-order chi connectivity index (χ1) is 11.0. The lowest BCUT2D eigenvalue weighted by molar-refractivity contribution is -0.179. The van der Waals surface area contributed by atoms with Crippen LogP contribution in [0.2, 0.25) is 0 Å². The van der Waals surface area contributed by atoms with Crippen molar-refractivity contribution in [2.75, 3.05) is 12.4 Å². The van der Waals surface area contributed by atoms with Gasteiger partial charge in [-0.3, -0.25) is 0 Å². The molecule has 0 amide bonds. The third kappa shape index (κ3) is 3.35. The van der Waals surface area contributed by atoms with Crippen LogP contribution in [0.4, 0.5) is 19.1 Å². The normalized spacial score (nSPS) is 17.7. The minimum absolute atomic E-state index is 0.0389. The number of aromatic nitrogens is 5. The number of anilines is 1. The maximum absolute atomic E-state index is 12.8. The number of methoxy groups -OCH3 is 1. The molecule has 0 fully saturated rings. The molecule has 3 rings (SSSR count). The maximum Gasteiger partial charge on any atom is 0.392 e. The predicted octanol–water partition coefficient (Wildman–Crippen LogP) is 1.81. The molecule has 124 valence electrons. The zero-order chi connectivity index (χ0) is 16.4. The van der Waals surface area contributed by atoms with Gasteiger partial charge in [0, 0.05) is 25.2 Å². The molecule has 2 aromatic rings. The molecule has 10 heteroatoms. The van der Waals surface area contributed by atoms with Gasteiger partial charge in [0.25, 0.3) is 0 Å². The average Bonchev–Trinajstić information content (AvgIpc) is 2.94. The smallest absolute Gasteiger partial charge is 0.392 e. The van der Waals surface area contributed by atoms with Gasteiger partial charge >= 0.3 is 6.18 Å². The molecule has 0 bridgehead atoms. The van der Waals surface area contributed by atoms with Crippen molar-refractivity contribution in [2.45, 2.75) is 32.1 Å². The molecule has 3 heterocycles. The molecule has 0 spiro atoms. The van der Waals surface area contributed by atoms with E-state index in [0.29, 0.717) is 23.5 Å². The van der Waals surface area contributed by atoms with E-state index >= 15 is 0 Å². The highest BCUT2D eigenvalue weighted by Crippen LogP contribution is 2.34. The fourth-order valence-corrected chi connectivity index (χ4v) is 2.50. The number of nitrogens with zero attached hydrogens (tertiary/aromatic N) is 5. The minimum Gasteiger partial charge on any atom is -0.481 e.